The highest BCUT2D eigenvalue weighted by Crippen LogP contribution is 2.29. The molecule has 1 atom stereocenters. The molecule has 0 saturated carbocycles. The van der Waals surface area contributed by atoms with Gasteiger partial charge in [0.2, 0.25) is 5.82 Å². The van der Waals surface area contributed by atoms with Crippen molar-refractivity contribution in [3.05, 3.63) is 15.8 Å². The first kappa shape index (κ1) is 14.4. The SMILES string of the molecule is CCc1nn(C)c(NC(C)CCCO)c1[N+](=O)[O-]. The number of aliphatic hydroxyl groups excluding tert-OH is 1. The standard InChI is InChI=1S/C11H20N4O3/c1-4-9-10(15(17)18)11(14(3)13-9)12-8(2)6-5-7-16/h8,12,16H,4-7H2,1-3H3. The Balaban J connectivity index is 2.93. The molecule has 7 heteroatoms. The molecule has 0 aliphatic carbocycles. The van der Waals surface area contributed by atoms with Crippen LogP contribution in [-0.4, -0.2) is 32.5 Å². The van der Waals surface area contributed by atoms with Crippen molar-refractivity contribution in [2.75, 3.05) is 11.9 Å². The predicted molar refractivity (Wildman–Crippen MR) is 68.6 cm³/mol. The minimum atomic E-state index is -0.396. The average molecular weight is 256 g/mol. The normalized spacial score (nSPS) is 12.4. The zero-order valence-corrected chi connectivity index (χ0v) is 11.0. The van der Waals surface area contributed by atoms with Gasteiger partial charge < -0.3 is 10.4 Å². The first-order valence-corrected chi connectivity index (χ1v) is 6.08. The average Bonchev–Trinajstić information content (AvgIpc) is 2.63. The van der Waals surface area contributed by atoms with Gasteiger partial charge in [-0.05, 0) is 26.2 Å². The van der Waals surface area contributed by atoms with Gasteiger partial charge in [-0.25, -0.2) is 4.68 Å². The third-order valence-corrected chi connectivity index (χ3v) is 2.79. The number of aliphatic hydroxyl groups is 1. The number of nitrogens with zero attached hydrogens (tertiary/aromatic N) is 3. The predicted octanol–water partition coefficient (Wildman–Crippen LogP) is 1.46. The van der Waals surface area contributed by atoms with Crippen LogP contribution in [0.25, 0.3) is 0 Å². The second-order valence-electron chi connectivity index (χ2n) is 4.29. The molecule has 102 valence electrons. The molecule has 0 spiro atoms. The molecule has 0 aromatic carbocycles. The number of anilines is 1. The molecule has 1 aromatic heterocycles. The summed E-state index contributed by atoms with van der Waals surface area (Å²) >= 11 is 0. The maximum atomic E-state index is 11.1. The number of nitrogens with one attached hydrogen (secondary N) is 1. The fourth-order valence-corrected chi connectivity index (χ4v) is 1.86. The Morgan fingerprint density at radius 2 is 2.28 bits per heavy atom. The summed E-state index contributed by atoms with van der Waals surface area (Å²) in [5.74, 6) is 0.433. The highest BCUT2D eigenvalue weighted by molar-refractivity contribution is 5.60. The molecule has 0 fully saturated rings. The molecular weight excluding hydrogens is 236 g/mol. The quantitative estimate of drug-likeness (QED) is 0.569. The van der Waals surface area contributed by atoms with E-state index in [1.54, 1.807) is 7.05 Å². The third-order valence-electron chi connectivity index (χ3n) is 2.79. The number of nitro groups is 1. The van der Waals surface area contributed by atoms with E-state index in [9.17, 15) is 10.1 Å². The highest BCUT2D eigenvalue weighted by atomic mass is 16.6. The molecule has 0 aliphatic rings. The smallest absolute Gasteiger partial charge is 0.333 e. The number of aryl methyl sites for hydroxylation is 2. The first-order valence-electron chi connectivity index (χ1n) is 6.08. The molecule has 18 heavy (non-hydrogen) atoms. The van der Waals surface area contributed by atoms with Crippen molar-refractivity contribution in [2.24, 2.45) is 7.05 Å². The van der Waals surface area contributed by atoms with E-state index in [1.807, 2.05) is 13.8 Å². The van der Waals surface area contributed by atoms with Crippen LogP contribution in [-0.2, 0) is 13.5 Å². The minimum absolute atomic E-state index is 0.0517. The lowest BCUT2D eigenvalue weighted by Gasteiger charge is -2.13. The van der Waals surface area contributed by atoms with Crippen LogP contribution in [0.3, 0.4) is 0 Å². The summed E-state index contributed by atoms with van der Waals surface area (Å²) in [5, 5.41) is 27.1. The maximum Gasteiger partial charge on any atom is 0.333 e. The van der Waals surface area contributed by atoms with Gasteiger partial charge in [0.25, 0.3) is 0 Å². The fourth-order valence-electron chi connectivity index (χ4n) is 1.86. The second kappa shape index (κ2) is 6.34. The summed E-state index contributed by atoms with van der Waals surface area (Å²) in [7, 11) is 1.69. The van der Waals surface area contributed by atoms with E-state index in [0.29, 0.717) is 24.4 Å². The number of hydrogen-bond donors (Lipinski definition) is 2. The van der Waals surface area contributed by atoms with Gasteiger partial charge in [-0.15, -0.1) is 0 Å². The Morgan fingerprint density at radius 1 is 1.61 bits per heavy atom. The van der Waals surface area contributed by atoms with E-state index in [4.69, 9.17) is 5.11 Å². The summed E-state index contributed by atoms with van der Waals surface area (Å²) in [6.07, 6.45) is 1.94. The van der Waals surface area contributed by atoms with Gasteiger partial charge >= 0.3 is 5.69 Å². The molecule has 2 N–H and O–H groups in total. The van der Waals surface area contributed by atoms with E-state index in [0.717, 1.165) is 6.42 Å². The number of aromatic nitrogens is 2. The van der Waals surface area contributed by atoms with E-state index in [-0.39, 0.29) is 18.3 Å². The lowest BCUT2D eigenvalue weighted by Crippen LogP contribution is -2.18. The van der Waals surface area contributed by atoms with Crippen LogP contribution in [0.2, 0.25) is 0 Å². The van der Waals surface area contributed by atoms with Gasteiger partial charge in [-0.1, -0.05) is 6.92 Å². The van der Waals surface area contributed by atoms with Crippen molar-refractivity contribution in [3.8, 4) is 0 Å². The highest BCUT2D eigenvalue weighted by Gasteiger charge is 2.26. The van der Waals surface area contributed by atoms with Crippen molar-refractivity contribution in [1.82, 2.24) is 9.78 Å². The van der Waals surface area contributed by atoms with Crippen molar-refractivity contribution < 1.29 is 10.0 Å². The molecule has 0 aliphatic heterocycles. The van der Waals surface area contributed by atoms with Crippen molar-refractivity contribution in [2.45, 2.75) is 39.2 Å². The molecule has 1 unspecified atom stereocenters. The Labute approximate surface area is 106 Å². The first-order chi connectivity index (χ1) is 8.51. The van der Waals surface area contributed by atoms with E-state index >= 15 is 0 Å². The van der Waals surface area contributed by atoms with Gasteiger partial charge in [0.15, 0.2) is 0 Å². The summed E-state index contributed by atoms with van der Waals surface area (Å²) < 4.78 is 1.51. The Kier molecular flexibility index (Phi) is 5.08. The zero-order valence-electron chi connectivity index (χ0n) is 11.0. The van der Waals surface area contributed by atoms with Crippen molar-refractivity contribution in [1.29, 1.82) is 0 Å². The molecular formula is C11H20N4O3. The lowest BCUT2D eigenvalue weighted by molar-refractivity contribution is -0.384. The third kappa shape index (κ3) is 3.19. The van der Waals surface area contributed by atoms with E-state index in [1.165, 1.54) is 4.68 Å². The Morgan fingerprint density at radius 3 is 2.78 bits per heavy atom. The zero-order chi connectivity index (χ0) is 13.7. The van der Waals surface area contributed by atoms with Crippen molar-refractivity contribution >= 4 is 11.5 Å². The Hall–Kier alpha value is -1.63. The maximum absolute atomic E-state index is 11.1. The van der Waals surface area contributed by atoms with Crippen molar-refractivity contribution in [3.63, 3.8) is 0 Å². The van der Waals surface area contributed by atoms with Gasteiger partial charge in [-0.3, -0.25) is 10.1 Å². The van der Waals surface area contributed by atoms with Crippen LogP contribution in [0, 0.1) is 10.1 Å². The van der Waals surface area contributed by atoms with Crippen LogP contribution in [0.1, 0.15) is 32.4 Å². The summed E-state index contributed by atoms with van der Waals surface area (Å²) in [5.41, 5.74) is 0.537. The molecule has 7 nitrogen and oxygen atoms in total. The topological polar surface area (TPSA) is 93.2 Å². The monoisotopic (exact) mass is 256 g/mol. The summed E-state index contributed by atoms with van der Waals surface area (Å²) in [6.45, 7) is 3.89. The Bertz CT molecular complexity index is 417. The fraction of sp³-hybridized carbons (Fsp3) is 0.727. The number of rotatable bonds is 7. The largest absolute Gasteiger partial charge is 0.396 e. The number of hydrogen-bond acceptors (Lipinski definition) is 5. The molecule has 0 bridgehead atoms. The molecule has 1 rings (SSSR count). The molecule has 0 saturated heterocycles. The van der Waals surface area contributed by atoms with E-state index in [2.05, 4.69) is 10.4 Å². The van der Waals surface area contributed by atoms with Gasteiger partial charge in [-0.2, -0.15) is 5.10 Å². The molecule has 1 heterocycles. The molecule has 0 amide bonds. The second-order valence-corrected chi connectivity index (χ2v) is 4.29. The lowest BCUT2D eigenvalue weighted by atomic mass is 10.2. The molecule has 1 aromatic rings. The van der Waals surface area contributed by atoms with Gasteiger partial charge in [0, 0.05) is 19.7 Å². The molecule has 0 radical (unpaired) electrons. The van der Waals surface area contributed by atoms with Crippen LogP contribution in [0.15, 0.2) is 0 Å². The minimum Gasteiger partial charge on any atom is -0.396 e. The van der Waals surface area contributed by atoms with Crippen LogP contribution in [0.5, 0.6) is 0 Å². The van der Waals surface area contributed by atoms with Gasteiger partial charge in [0.05, 0.1) is 4.92 Å². The van der Waals surface area contributed by atoms with E-state index < -0.39 is 4.92 Å². The summed E-state index contributed by atoms with van der Waals surface area (Å²) in [6, 6.07) is 0.0518. The summed E-state index contributed by atoms with van der Waals surface area (Å²) in [4.78, 5) is 10.7. The van der Waals surface area contributed by atoms with Crippen LogP contribution < -0.4 is 5.32 Å². The van der Waals surface area contributed by atoms with Gasteiger partial charge in [0.1, 0.15) is 5.69 Å². The van der Waals surface area contributed by atoms with Crippen LogP contribution in [0.4, 0.5) is 11.5 Å². The van der Waals surface area contributed by atoms with Crippen LogP contribution >= 0.6 is 0 Å².